The number of carbonyl (C=O) groups excluding carboxylic acids is 1. The molecule has 0 bridgehead atoms. The van der Waals surface area contributed by atoms with E-state index in [1.165, 1.54) is 6.92 Å². The summed E-state index contributed by atoms with van der Waals surface area (Å²) < 4.78 is 97.8. The van der Waals surface area contributed by atoms with Crippen LogP contribution in [0.2, 0.25) is 0 Å². The Bertz CT molecular complexity index is 568. The molecule has 0 heterocycles. The second kappa shape index (κ2) is 5.02. The molecule has 22 heavy (non-hydrogen) atoms. The van der Waals surface area contributed by atoms with Crippen LogP contribution in [0, 0.1) is 10.8 Å². The number of alkyl halides is 5. The zero-order chi connectivity index (χ0) is 17.8. The highest BCUT2D eigenvalue weighted by Crippen LogP contribution is 2.57. The zero-order valence-corrected chi connectivity index (χ0v) is 12.7. The lowest BCUT2D eigenvalue weighted by atomic mass is 9.52. The molecule has 11 heteroatoms. The molecular formula is C11H15F5O5S. The van der Waals surface area contributed by atoms with Gasteiger partial charge in [0.2, 0.25) is 0 Å². The van der Waals surface area contributed by atoms with Gasteiger partial charge in [0, 0.05) is 0 Å². The smallest absolute Gasteiger partial charge is 0.432 e. The van der Waals surface area contributed by atoms with Gasteiger partial charge in [-0.1, -0.05) is 13.8 Å². The third-order valence-electron chi connectivity index (χ3n) is 4.37. The molecule has 0 radical (unpaired) electrons. The van der Waals surface area contributed by atoms with Crippen LogP contribution < -0.4 is 0 Å². The van der Waals surface area contributed by atoms with E-state index < -0.39 is 44.5 Å². The minimum atomic E-state index is -6.42. The standard InChI is InChI=1S/C11H15F5O5S/c1-8(2)4-5-9(8,3)7(17)21-6(10(12,13)14)11(15,16)22(18,19)20/h6H,4-5H2,1-3H3,(H,18,19,20). The van der Waals surface area contributed by atoms with Crippen LogP contribution in [0.15, 0.2) is 0 Å². The molecule has 1 rings (SSSR count). The summed E-state index contributed by atoms with van der Waals surface area (Å²) in [7, 11) is -6.42. The molecular weight excluding hydrogens is 339 g/mol. The van der Waals surface area contributed by atoms with Crippen molar-refractivity contribution in [2.75, 3.05) is 0 Å². The predicted octanol–water partition coefficient (Wildman–Crippen LogP) is 2.77. The summed E-state index contributed by atoms with van der Waals surface area (Å²) in [6.45, 7) is 4.33. The van der Waals surface area contributed by atoms with Gasteiger partial charge >= 0.3 is 27.5 Å². The first-order valence-electron chi connectivity index (χ1n) is 6.09. The van der Waals surface area contributed by atoms with Crippen molar-refractivity contribution in [3.05, 3.63) is 0 Å². The number of rotatable bonds is 4. The highest BCUT2D eigenvalue weighted by atomic mass is 32.2. The number of halogens is 5. The van der Waals surface area contributed by atoms with Crippen LogP contribution in [0.1, 0.15) is 33.6 Å². The molecule has 0 aliphatic heterocycles. The molecule has 2 unspecified atom stereocenters. The Labute approximate surface area is 123 Å². The van der Waals surface area contributed by atoms with Crippen molar-refractivity contribution in [3.8, 4) is 0 Å². The maximum Gasteiger partial charge on any atom is 0.432 e. The molecule has 2 atom stereocenters. The molecule has 1 fully saturated rings. The Hall–Kier alpha value is -0.970. The molecule has 5 nitrogen and oxygen atoms in total. The fourth-order valence-corrected chi connectivity index (χ4v) is 2.53. The Morgan fingerprint density at radius 1 is 1.14 bits per heavy atom. The van der Waals surface area contributed by atoms with Gasteiger partial charge in [-0.15, -0.1) is 0 Å². The number of hydrogen-bond acceptors (Lipinski definition) is 4. The Morgan fingerprint density at radius 3 is 1.82 bits per heavy atom. The van der Waals surface area contributed by atoms with Crippen LogP contribution >= 0.6 is 0 Å². The van der Waals surface area contributed by atoms with Crippen molar-refractivity contribution in [2.45, 2.75) is 51.1 Å². The summed E-state index contributed by atoms with van der Waals surface area (Å²) in [6.07, 6.45) is -9.58. The van der Waals surface area contributed by atoms with E-state index >= 15 is 0 Å². The quantitative estimate of drug-likeness (QED) is 0.477. The Morgan fingerprint density at radius 2 is 1.59 bits per heavy atom. The van der Waals surface area contributed by atoms with Gasteiger partial charge in [0.1, 0.15) is 0 Å². The lowest BCUT2D eigenvalue weighted by Gasteiger charge is -2.52. The second-order valence-corrected chi connectivity index (χ2v) is 7.57. The van der Waals surface area contributed by atoms with Crippen LogP contribution in [-0.4, -0.2) is 36.5 Å². The number of carbonyl (C=O) groups is 1. The van der Waals surface area contributed by atoms with Gasteiger partial charge in [-0.3, -0.25) is 9.35 Å². The molecule has 0 aromatic rings. The van der Waals surface area contributed by atoms with E-state index in [-0.39, 0.29) is 6.42 Å². The summed E-state index contributed by atoms with van der Waals surface area (Å²) in [5.74, 6) is -1.59. The average Bonchev–Trinajstić information content (AvgIpc) is 2.30. The van der Waals surface area contributed by atoms with Crippen molar-refractivity contribution >= 4 is 16.1 Å². The van der Waals surface area contributed by atoms with Crippen molar-refractivity contribution < 1.29 is 44.5 Å². The van der Waals surface area contributed by atoms with Crippen LogP contribution in [0.4, 0.5) is 22.0 Å². The second-order valence-electron chi connectivity index (χ2n) is 6.08. The fraction of sp³-hybridized carbons (Fsp3) is 0.909. The molecule has 1 aliphatic carbocycles. The van der Waals surface area contributed by atoms with Gasteiger partial charge in [0.05, 0.1) is 5.41 Å². The largest absolute Gasteiger partial charge is 0.444 e. The van der Waals surface area contributed by atoms with Crippen LogP contribution in [0.3, 0.4) is 0 Å². The van der Waals surface area contributed by atoms with Crippen molar-refractivity contribution in [1.82, 2.24) is 0 Å². The normalized spacial score (nSPS) is 27.0. The van der Waals surface area contributed by atoms with Crippen molar-refractivity contribution in [2.24, 2.45) is 10.8 Å². The third kappa shape index (κ3) is 2.92. The molecule has 1 saturated carbocycles. The van der Waals surface area contributed by atoms with Crippen LogP contribution in [0.5, 0.6) is 0 Å². The van der Waals surface area contributed by atoms with E-state index in [1.54, 1.807) is 13.8 Å². The summed E-state index contributed by atoms with van der Waals surface area (Å²) in [5.41, 5.74) is -2.24. The van der Waals surface area contributed by atoms with Crippen molar-refractivity contribution in [1.29, 1.82) is 0 Å². The number of hydrogen-bond donors (Lipinski definition) is 1. The molecule has 130 valence electrons. The maximum absolute atomic E-state index is 13.3. The van der Waals surface area contributed by atoms with Gasteiger partial charge in [-0.05, 0) is 25.2 Å². The predicted molar refractivity (Wildman–Crippen MR) is 63.6 cm³/mol. The molecule has 0 amide bonds. The zero-order valence-electron chi connectivity index (χ0n) is 11.9. The highest BCUT2D eigenvalue weighted by molar-refractivity contribution is 7.86. The molecule has 0 spiro atoms. The van der Waals surface area contributed by atoms with Gasteiger partial charge < -0.3 is 4.74 Å². The SMILES string of the molecule is CC1(C)CCC1(C)C(=O)OC(C(F)(F)F)C(F)(F)S(=O)(=O)O. The fourth-order valence-electron chi connectivity index (χ4n) is 2.08. The van der Waals surface area contributed by atoms with Crippen LogP contribution in [0.25, 0.3) is 0 Å². The summed E-state index contributed by atoms with van der Waals surface area (Å²) in [6, 6.07) is 0. The van der Waals surface area contributed by atoms with Crippen molar-refractivity contribution in [3.63, 3.8) is 0 Å². The molecule has 0 saturated heterocycles. The number of esters is 1. The summed E-state index contributed by atoms with van der Waals surface area (Å²) >= 11 is 0. The van der Waals surface area contributed by atoms with Gasteiger partial charge in [-0.2, -0.15) is 30.4 Å². The molecule has 0 aromatic carbocycles. The first kappa shape index (κ1) is 19.1. The maximum atomic E-state index is 13.3. The topological polar surface area (TPSA) is 80.7 Å². The Kier molecular flexibility index (Phi) is 4.35. The monoisotopic (exact) mass is 354 g/mol. The molecule has 0 aromatic heterocycles. The van der Waals surface area contributed by atoms with E-state index in [1.807, 2.05) is 0 Å². The van der Waals surface area contributed by atoms with Gasteiger partial charge in [-0.25, -0.2) is 0 Å². The lowest BCUT2D eigenvalue weighted by molar-refractivity contribution is -0.267. The molecule has 1 aliphatic rings. The van der Waals surface area contributed by atoms with E-state index in [0.717, 1.165) is 0 Å². The lowest BCUT2D eigenvalue weighted by Crippen LogP contribution is -2.57. The van der Waals surface area contributed by atoms with E-state index in [0.29, 0.717) is 6.42 Å². The summed E-state index contributed by atoms with van der Waals surface area (Å²) in [5, 5.41) is -5.70. The average molecular weight is 354 g/mol. The van der Waals surface area contributed by atoms with E-state index in [4.69, 9.17) is 4.55 Å². The van der Waals surface area contributed by atoms with Crippen LogP contribution in [-0.2, 0) is 19.6 Å². The van der Waals surface area contributed by atoms with E-state index in [9.17, 15) is 35.2 Å². The number of ether oxygens (including phenoxy) is 1. The third-order valence-corrected chi connectivity index (χ3v) is 5.27. The summed E-state index contributed by atoms with van der Waals surface area (Å²) in [4.78, 5) is 11.9. The van der Waals surface area contributed by atoms with Gasteiger partial charge in [0.25, 0.3) is 6.10 Å². The first-order chi connectivity index (χ1) is 9.47. The molecule has 1 N–H and O–H groups in total. The highest BCUT2D eigenvalue weighted by Gasteiger charge is 2.67. The first-order valence-corrected chi connectivity index (χ1v) is 7.53. The Balaban J connectivity index is 3.16. The minimum Gasteiger partial charge on any atom is -0.444 e. The van der Waals surface area contributed by atoms with E-state index in [2.05, 4.69) is 4.74 Å². The van der Waals surface area contributed by atoms with Gasteiger partial charge in [0.15, 0.2) is 0 Å². The minimum absolute atomic E-state index is 0.112.